The molecule has 22 heavy (non-hydrogen) atoms. The lowest BCUT2D eigenvalue weighted by molar-refractivity contribution is -0.118. The summed E-state index contributed by atoms with van der Waals surface area (Å²) in [4.78, 5) is 11.9. The highest BCUT2D eigenvalue weighted by Crippen LogP contribution is 2.18. The number of para-hydroxylation sites is 1. The molecule has 0 heterocycles. The molecule has 5 heteroatoms. The molecule has 0 saturated carbocycles. The number of carbonyl (C=O) groups is 1. The maximum atomic E-state index is 11.9. The van der Waals surface area contributed by atoms with E-state index in [1.807, 2.05) is 31.2 Å². The Kier molecular flexibility index (Phi) is 5.80. The van der Waals surface area contributed by atoms with Gasteiger partial charge in [0, 0.05) is 12.2 Å². The Morgan fingerprint density at radius 3 is 2.32 bits per heavy atom. The maximum absolute atomic E-state index is 11.9. The molecule has 1 amide bonds. The van der Waals surface area contributed by atoms with Crippen molar-refractivity contribution in [3.05, 3.63) is 54.1 Å². The van der Waals surface area contributed by atoms with Crippen molar-refractivity contribution >= 4 is 11.6 Å². The number of carbonyl (C=O) groups excluding carboxylic acids is 1. The summed E-state index contributed by atoms with van der Waals surface area (Å²) in [6.07, 6.45) is 0. The number of hydrogen-bond donors (Lipinski definition) is 2. The molecule has 0 saturated heterocycles. The predicted octanol–water partition coefficient (Wildman–Crippen LogP) is 2.56. The molecule has 0 unspecified atom stereocenters. The van der Waals surface area contributed by atoms with Gasteiger partial charge in [-0.25, -0.2) is 0 Å². The third-order valence-corrected chi connectivity index (χ3v) is 3.02. The zero-order valence-corrected chi connectivity index (χ0v) is 12.5. The molecule has 2 aromatic carbocycles. The molecule has 0 aromatic heterocycles. The summed E-state index contributed by atoms with van der Waals surface area (Å²) >= 11 is 0. The highest BCUT2D eigenvalue weighted by molar-refractivity contribution is 5.92. The standard InChI is InChI=1S/C17H20N2O3/c1-2-21-14-7-9-15(10-8-14)22-12-17(20)19-16-6-4-3-5-13(16)11-18/h3-10H,2,11-12,18H2,1H3,(H,19,20). The van der Waals surface area contributed by atoms with Gasteiger partial charge in [0.1, 0.15) is 11.5 Å². The van der Waals surface area contributed by atoms with Gasteiger partial charge < -0.3 is 20.5 Å². The zero-order chi connectivity index (χ0) is 15.8. The van der Waals surface area contributed by atoms with Crippen LogP contribution in [-0.2, 0) is 11.3 Å². The predicted molar refractivity (Wildman–Crippen MR) is 86.1 cm³/mol. The van der Waals surface area contributed by atoms with Crippen LogP contribution >= 0.6 is 0 Å². The van der Waals surface area contributed by atoms with Crippen LogP contribution < -0.4 is 20.5 Å². The largest absolute Gasteiger partial charge is 0.494 e. The fraction of sp³-hybridized carbons (Fsp3) is 0.235. The number of ether oxygens (including phenoxy) is 2. The average Bonchev–Trinajstić information content (AvgIpc) is 2.55. The van der Waals surface area contributed by atoms with E-state index in [0.717, 1.165) is 11.3 Å². The summed E-state index contributed by atoms with van der Waals surface area (Å²) in [6, 6.07) is 14.6. The smallest absolute Gasteiger partial charge is 0.262 e. The lowest BCUT2D eigenvalue weighted by Crippen LogP contribution is -2.21. The summed E-state index contributed by atoms with van der Waals surface area (Å²) in [5.74, 6) is 1.16. The van der Waals surface area contributed by atoms with Crippen LogP contribution in [0.25, 0.3) is 0 Å². The molecule has 0 bridgehead atoms. The van der Waals surface area contributed by atoms with E-state index in [1.165, 1.54) is 0 Å². The molecule has 0 aliphatic heterocycles. The number of anilines is 1. The molecule has 0 radical (unpaired) electrons. The van der Waals surface area contributed by atoms with Crippen LogP contribution in [0.1, 0.15) is 12.5 Å². The first-order valence-electron chi connectivity index (χ1n) is 7.16. The van der Waals surface area contributed by atoms with E-state index in [-0.39, 0.29) is 12.5 Å². The third-order valence-electron chi connectivity index (χ3n) is 3.02. The summed E-state index contributed by atoms with van der Waals surface area (Å²) in [6.45, 7) is 2.85. The van der Waals surface area contributed by atoms with Crippen LogP contribution in [0, 0.1) is 0 Å². The molecule has 2 rings (SSSR count). The van der Waals surface area contributed by atoms with Crippen molar-refractivity contribution in [1.29, 1.82) is 0 Å². The van der Waals surface area contributed by atoms with Gasteiger partial charge in [0.15, 0.2) is 6.61 Å². The Balaban J connectivity index is 1.87. The summed E-state index contributed by atoms with van der Waals surface area (Å²) in [7, 11) is 0. The molecule has 0 atom stereocenters. The summed E-state index contributed by atoms with van der Waals surface area (Å²) in [5, 5.41) is 2.79. The van der Waals surface area contributed by atoms with Gasteiger partial charge in [-0.2, -0.15) is 0 Å². The average molecular weight is 300 g/mol. The molecule has 5 nitrogen and oxygen atoms in total. The monoisotopic (exact) mass is 300 g/mol. The van der Waals surface area contributed by atoms with Gasteiger partial charge in [-0.15, -0.1) is 0 Å². The topological polar surface area (TPSA) is 73.6 Å². The first kappa shape index (κ1) is 15.9. The quantitative estimate of drug-likeness (QED) is 0.824. The van der Waals surface area contributed by atoms with Crippen molar-refractivity contribution < 1.29 is 14.3 Å². The Morgan fingerprint density at radius 1 is 1.05 bits per heavy atom. The maximum Gasteiger partial charge on any atom is 0.262 e. The zero-order valence-electron chi connectivity index (χ0n) is 12.5. The van der Waals surface area contributed by atoms with Crippen LogP contribution in [0.3, 0.4) is 0 Å². The number of rotatable bonds is 7. The van der Waals surface area contributed by atoms with Gasteiger partial charge in [0.05, 0.1) is 6.61 Å². The number of benzene rings is 2. The van der Waals surface area contributed by atoms with Crippen molar-refractivity contribution in [2.24, 2.45) is 5.73 Å². The van der Waals surface area contributed by atoms with E-state index >= 15 is 0 Å². The minimum Gasteiger partial charge on any atom is -0.494 e. The van der Waals surface area contributed by atoms with E-state index < -0.39 is 0 Å². The van der Waals surface area contributed by atoms with E-state index in [1.54, 1.807) is 24.3 Å². The van der Waals surface area contributed by atoms with Gasteiger partial charge in [-0.1, -0.05) is 18.2 Å². The Bertz CT molecular complexity index is 612. The number of nitrogens with two attached hydrogens (primary N) is 1. The van der Waals surface area contributed by atoms with Crippen molar-refractivity contribution in [3.8, 4) is 11.5 Å². The molecular formula is C17H20N2O3. The molecule has 3 N–H and O–H groups in total. The van der Waals surface area contributed by atoms with Crippen LogP contribution in [0.2, 0.25) is 0 Å². The van der Waals surface area contributed by atoms with Crippen LogP contribution in [0.15, 0.2) is 48.5 Å². The van der Waals surface area contributed by atoms with E-state index in [2.05, 4.69) is 5.32 Å². The third kappa shape index (κ3) is 4.49. The van der Waals surface area contributed by atoms with Crippen LogP contribution in [0.4, 0.5) is 5.69 Å². The first-order valence-corrected chi connectivity index (χ1v) is 7.16. The molecular weight excluding hydrogens is 280 g/mol. The van der Waals surface area contributed by atoms with Gasteiger partial charge in [0.25, 0.3) is 5.91 Å². The lowest BCUT2D eigenvalue weighted by atomic mass is 10.2. The first-order chi connectivity index (χ1) is 10.7. The van der Waals surface area contributed by atoms with E-state index in [9.17, 15) is 4.79 Å². The molecule has 0 aliphatic carbocycles. The molecule has 0 spiro atoms. The fourth-order valence-electron chi connectivity index (χ4n) is 1.95. The van der Waals surface area contributed by atoms with E-state index in [0.29, 0.717) is 24.6 Å². The molecule has 2 aromatic rings. The second-order valence-electron chi connectivity index (χ2n) is 4.60. The normalized spacial score (nSPS) is 10.1. The highest BCUT2D eigenvalue weighted by atomic mass is 16.5. The van der Waals surface area contributed by atoms with Gasteiger partial charge in [0.2, 0.25) is 0 Å². The Morgan fingerprint density at radius 2 is 1.68 bits per heavy atom. The summed E-state index contributed by atoms with van der Waals surface area (Å²) in [5.41, 5.74) is 7.24. The summed E-state index contributed by atoms with van der Waals surface area (Å²) < 4.78 is 10.8. The second kappa shape index (κ2) is 8.05. The second-order valence-corrected chi connectivity index (χ2v) is 4.60. The van der Waals surface area contributed by atoms with Crippen molar-refractivity contribution in [3.63, 3.8) is 0 Å². The molecule has 0 aliphatic rings. The van der Waals surface area contributed by atoms with Crippen LogP contribution in [0.5, 0.6) is 11.5 Å². The van der Waals surface area contributed by atoms with Crippen molar-refractivity contribution in [2.45, 2.75) is 13.5 Å². The number of amides is 1. The minimum atomic E-state index is -0.227. The number of nitrogens with one attached hydrogen (secondary N) is 1. The van der Waals surface area contributed by atoms with E-state index in [4.69, 9.17) is 15.2 Å². The Labute approximate surface area is 130 Å². The lowest BCUT2D eigenvalue weighted by Gasteiger charge is -2.11. The molecule has 0 fully saturated rings. The van der Waals surface area contributed by atoms with Crippen molar-refractivity contribution in [1.82, 2.24) is 0 Å². The van der Waals surface area contributed by atoms with Crippen molar-refractivity contribution in [2.75, 3.05) is 18.5 Å². The minimum absolute atomic E-state index is 0.0626. The van der Waals surface area contributed by atoms with Gasteiger partial charge in [-0.3, -0.25) is 4.79 Å². The fourth-order valence-corrected chi connectivity index (χ4v) is 1.95. The van der Waals surface area contributed by atoms with Gasteiger partial charge >= 0.3 is 0 Å². The SMILES string of the molecule is CCOc1ccc(OCC(=O)Nc2ccccc2CN)cc1. The Hall–Kier alpha value is -2.53. The van der Waals surface area contributed by atoms with Gasteiger partial charge in [-0.05, 0) is 42.8 Å². The highest BCUT2D eigenvalue weighted by Gasteiger charge is 2.06. The molecule has 116 valence electrons. The number of hydrogen-bond acceptors (Lipinski definition) is 4. The van der Waals surface area contributed by atoms with Crippen LogP contribution in [-0.4, -0.2) is 19.1 Å².